The number of hydrogen-bond acceptors (Lipinski definition) is 8. The minimum Gasteiger partial charge on any atom is -0.497 e. The molecule has 0 amide bonds. The number of esters is 2. The summed E-state index contributed by atoms with van der Waals surface area (Å²) in [6.45, 7) is 23.8. The minimum atomic E-state index is -0.670. The van der Waals surface area contributed by atoms with Crippen molar-refractivity contribution in [1.29, 1.82) is 0 Å². The highest BCUT2D eigenvalue weighted by molar-refractivity contribution is 5.99. The van der Waals surface area contributed by atoms with Gasteiger partial charge in [-0.1, -0.05) is 87.0 Å². The molecular weight excluding hydrogens is 693 g/mol. The molecule has 8 nitrogen and oxygen atoms in total. The predicted octanol–water partition coefficient (Wildman–Crippen LogP) is 10.5. The summed E-state index contributed by atoms with van der Waals surface area (Å²) in [5.74, 6) is 3.86. The largest absolute Gasteiger partial charge is 0.497 e. The highest BCUT2D eigenvalue weighted by atomic mass is 16.5. The molecule has 4 bridgehead atoms. The van der Waals surface area contributed by atoms with E-state index < -0.39 is 5.41 Å². The van der Waals surface area contributed by atoms with E-state index in [4.69, 9.17) is 28.4 Å². The summed E-state index contributed by atoms with van der Waals surface area (Å²) in [5, 5.41) is 0. The van der Waals surface area contributed by atoms with E-state index in [1.165, 1.54) is 25.4 Å². The van der Waals surface area contributed by atoms with Gasteiger partial charge in [0.05, 0.1) is 59.1 Å². The third-order valence-electron chi connectivity index (χ3n) is 13.6. The van der Waals surface area contributed by atoms with E-state index in [0.29, 0.717) is 11.8 Å². The molecule has 8 heteroatoms. The molecule has 0 aliphatic heterocycles. The first-order valence-electron chi connectivity index (χ1n) is 19.6. The quantitative estimate of drug-likeness (QED) is 0.204. The molecule has 2 aromatic carbocycles. The Bertz CT molecular complexity index is 1770. The molecule has 4 aliphatic carbocycles. The average molecular weight is 761 g/mol. The van der Waals surface area contributed by atoms with E-state index in [1.807, 2.05) is 18.2 Å². The van der Waals surface area contributed by atoms with Gasteiger partial charge in [0.2, 0.25) is 0 Å². The van der Waals surface area contributed by atoms with Crippen LogP contribution in [-0.2, 0) is 29.9 Å². The van der Waals surface area contributed by atoms with Crippen LogP contribution in [-0.4, -0.2) is 54.6 Å². The summed E-state index contributed by atoms with van der Waals surface area (Å²) < 4.78 is 32.3. The lowest BCUT2D eigenvalue weighted by atomic mass is 9.64. The minimum absolute atomic E-state index is 0.0402. The number of benzene rings is 2. The maximum absolute atomic E-state index is 13.1. The van der Waals surface area contributed by atoms with Crippen LogP contribution in [0.4, 0.5) is 0 Å². The molecule has 55 heavy (non-hydrogen) atoms. The van der Waals surface area contributed by atoms with Crippen LogP contribution in [0.2, 0.25) is 0 Å². The van der Waals surface area contributed by atoms with Crippen LogP contribution in [0.15, 0.2) is 48.1 Å². The Morgan fingerprint density at radius 3 is 1.33 bits per heavy atom. The van der Waals surface area contributed by atoms with Gasteiger partial charge in [0, 0.05) is 6.07 Å². The van der Waals surface area contributed by atoms with Gasteiger partial charge in [0.25, 0.3) is 0 Å². The third-order valence-corrected chi connectivity index (χ3v) is 13.6. The van der Waals surface area contributed by atoms with Gasteiger partial charge in [-0.3, -0.25) is 9.59 Å². The molecule has 0 aromatic heterocycles. The summed E-state index contributed by atoms with van der Waals surface area (Å²) in [4.78, 5) is 25.0. The van der Waals surface area contributed by atoms with Gasteiger partial charge in [-0.05, 0) is 107 Å². The first-order valence-corrected chi connectivity index (χ1v) is 19.6. The summed E-state index contributed by atoms with van der Waals surface area (Å²) in [6.07, 6.45) is 8.38. The predicted molar refractivity (Wildman–Crippen MR) is 220 cm³/mol. The van der Waals surface area contributed by atoms with Crippen LogP contribution >= 0.6 is 0 Å². The Hall–Kier alpha value is -3.94. The maximum Gasteiger partial charge on any atom is 0.316 e. The fourth-order valence-electron chi connectivity index (χ4n) is 9.80. The zero-order valence-electron chi connectivity index (χ0n) is 36.8. The van der Waals surface area contributed by atoms with Crippen molar-refractivity contribution in [2.45, 2.75) is 113 Å². The van der Waals surface area contributed by atoms with Crippen molar-refractivity contribution in [2.24, 2.45) is 33.5 Å². The summed E-state index contributed by atoms with van der Waals surface area (Å²) >= 11 is 0. The van der Waals surface area contributed by atoms with Crippen molar-refractivity contribution in [3.05, 3.63) is 64.7 Å². The van der Waals surface area contributed by atoms with Gasteiger partial charge < -0.3 is 28.4 Å². The van der Waals surface area contributed by atoms with Gasteiger partial charge in [-0.25, -0.2) is 0 Å². The molecule has 0 heterocycles. The summed E-state index contributed by atoms with van der Waals surface area (Å²) in [5.41, 5.74) is 4.36. The second-order valence-corrected chi connectivity index (χ2v) is 18.8. The molecule has 0 radical (unpaired) electrons. The van der Waals surface area contributed by atoms with Crippen LogP contribution < -0.4 is 18.9 Å². The van der Waals surface area contributed by atoms with Gasteiger partial charge in [-0.15, -0.1) is 0 Å². The van der Waals surface area contributed by atoms with Gasteiger partial charge >= 0.3 is 11.9 Å². The van der Waals surface area contributed by atoms with E-state index in [1.54, 1.807) is 28.4 Å². The zero-order chi connectivity index (χ0) is 41.5. The van der Waals surface area contributed by atoms with Crippen LogP contribution in [0.3, 0.4) is 0 Å². The number of allylic oxidation sites excluding steroid dienone is 2. The fourth-order valence-corrected chi connectivity index (χ4v) is 9.80. The van der Waals surface area contributed by atoms with Crippen LogP contribution in [0.5, 0.6) is 23.0 Å². The first-order chi connectivity index (χ1) is 25.5. The molecule has 4 aliphatic rings. The number of rotatable bonds is 7. The average Bonchev–Trinajstić information content (AvgIpc) is 3.72. The number of ether oxygens (including phenoxy) is 6. The molecule has 0 spiro atoms. The lowest BCUT2D eigenvalue weighted by molar-refractivity contribution is -0.155. The van der Waals surface area contributed by atoms with Gasteiger partial charge in [0.15, 0.2) is 0 Å². The normalized spacial score (nSPS) is 25.3. The van der Waals surface area contributed by atoms with Crippen molar-refractivity contribution >= 4 is 17.5 Å². The smallest absolute Gasteiger partial charge is 0.316 e. The van der Waals surface area contributed by atoms with E-state index >= 15 is 0 Å². The lowest BCUT2D eigenvalue weighted by Crippen LogP contribution is -2.41. The Morgan fingerprint density at radius 2 is 0.982 bits per heavy atom. The second-order valence-electron chi connectivity index (χ2n) is 18.8. The maximum atomic E-state index is 13.1. The topological polar surface area (TPSA) is 89.5 Å². The van der Waals surface area contributed by atoms with Crippen molar-refractivity contribution in [2.75, 3.05) is 42.7 Å². The second kappa shape index (κ2) is 15.5. The number of carbonyl (C=O) groups is 2. The number of carbonyl (C=O) groups excluding carboxylic acids is 2. The zero-order valence-corrected chi connectivity index (χ0v) is 36.8. The molecule has 0 saturated heterocycles. The van der Waals surface area contributed by atoms with Crippen molar-refractivity contribution in [1.82, 2.24) is 0 Å². The molecule has 0 N–H and O–H groups in total. The SMILES string of the molecule is COC(=O)[C@]12CC[C@H](C=C1C)C2(C)C.COC(=O)[C@]12CC[C@H](C=C1c1c(OC)cc(C(C)(C)C)cc1OC)C2(C)C.COc1cc(OC)cc(C(C)(C)C)c1. The van der Waals surface area contributed by atoms with Crippen molar-refractivity contribution in [3.63, 3.8) is 0 Å². The molecule has 2 aromatic rings. The number of methoxy groups -OCH3 is 6. The van der Waals surface area contributed by atoms with E-state index in [9.17, 15) is 9.59 Å². The number of fused-ring (bicyclic) bond motifs is 4. The van der Waals surface area contributed by atoms with Crippen LogP contribution in [0, 0.1) is 33.5 Å². The monoisotopic (exact) mass is 760 g/mol. The highest BCUT2D eigenvalue weighted by Crippen LogP contribution is 2.70. The van der Waals surface area contributed by atoms with Crippen LogP contribution in [0.25, 0.3) is 5.57 Å². The summed E-state index contributed by atoms with van der Waals surface area (Å²) in [7, 11) is 9.66. The lowest BCUT2D eigenvalue weighted by Gasteiger charge is -2.38. The van der Waals surface area contributed by atoms with Gasteiger partial charge in [0.1, 0.15) is 23.0 Å². The molecule has 304 valence electrons. The summed E-state index contributed by atoms with van der Waals surface area (Å²) in [6, 6.07) is 10.1. The molecular formula is C47H68O8. The molecule has 2 fully saturated rings. The molecule has 4 atom stereocenters. The van der Waals surface area contributed by atoms with Crippen molar-refractivity contribution in [3.8, 4) is 23.0 Å². The van der Waals surface area contributed by atoms with E-state index in [0.717, 1.165) is 65.4 Å². The first kappa shape index (κ1) is 43.8. The van der Waals surface area contributed by atoms with E-state index in [2.05, 4.69) is 100 Å². The molecule has 0 unspecified atom stereocenters. The van der Waals surface area contributed by atoms with Gasteiger partial charge in [-0.2, -0.15) is 0 Å². The Labute approximate surface area is 331 Å². The Kier molecular flexibility index (Phi) is 12.4. The van der Waals surface area contributed by atoms with Crippen LogP contribution in [0.1, 0.15) is 119 Å². The standard InChI is InChI=1S/C23H32O4.2C12H18O2/c1-21(2,3)15-12-17(25-6)19(18(13-15)26-7)16-11-14-9-10-23(16,20(24)27-8)22(14,4)5;1-8-7-9-5-6-12(8,10(13)14-4)11(9,2)3;1-12(2,3)9-6-10(13-4)8-11(7-9)14-5/h11-14H,9-10H2,1-8H3;7,9H,5-6H2,1-4H3;6-8H,1-5H3/t14-,23+;9-,12+;/m11./s1. The Balaban J connectivity index is 0.000000202. The fraction of sp³-hybridized carbons (Fsp3) is 0.617. The number of hydrogen-bond donors (Lipinski definition) is 0. The highest BCUT2D eigenvalue weighted by Gasteiger charge is 2.66. The molecule has 6 rings (SSSR count). The van der Waals surface area contributed by atoms with E-state index in [-0.39, 0.29) is 39.0 Å². The third kappa shape index (κ3) is 7.28. The van der Waals surface area contributed by atoms with Crippen molar-refractivity contribution < 1.29 is 38.0 Å². The molecule has 2 saturated carbocycles. The Morgan fingerprint density at radius 1 is 0.582 bits per heavy atom.